The SMILES string of the molecule is COCC(Cl)CN(C)C(=O)C1CCCC1. The highest BCUT2D eigenvalue weighted by Gasteiger charge is 2.26. The molecule has 1 amide bonds. The second kappa shape index (κ2) is 6.33. The Kier molecular flexibility index (Phi) is 5.40. The monoisotopic (exact) mass is 233 g/mol. The van der Waals surface area contributed by atoms with E-state index in [-0.39, 0.29) is 17.2 Å². The molecule has 0 bridgehead atoms. The van der Waals surface area contributed by atoms with E-state index < -0.39 is 0 Å². The van der Waals surface area contributed by atoms with Crippen LogP contribution in [0.5, 0.6) is 0 Å². The van der Waals surface area contributed by atoms with Gasteiger partial charge in [-0.15, -0.1) is 11.6 Å². The van der Waals surface area contributed by atoms with Crippen LogP contribution in [0.4, 0.5) is 0 Å². The van der Waals surface area contributed by atoms with Crippen LogP contribution in [0, 0.1) is 5.92 Å². The Balaban J connectivity index is 2.31. The number of alkyl halides is 1. The molecule has 88 valence electrons. The molecule has 0 N–H and O–H groups in total. The van der Waals surface area contributed by atoms with Gasteiger partial charge in [-0.2, -0.15) is 0 Å². The molecule has 0 spiro atoms. The average molecular weight is 234 g/mol. The predicted octanol–water partition coefficient (Wildman–Crippen LogP) is 1.89. The number of carbonyl (C=O) groups excluding carboxylic acids is 1. The van der Waals surface area contributed by atoms with Crippen LogP contribution in [0.1, 0.15) is 25.7 Å². The molecule has 0 saturated heterocycles. The molecule has 1 aliphatic carbocycles. The number of amides is 1. The molecule has 0 aromatic carbocycles. The van der Waals surface area contributed by atoms with E-state index in [0.717, 1.165) is 12.8 Å². The number of ether oxygens (including phenoxy) is 1. The summed E-state index contributed by atoms with van der Waals surface area (Å²) in [5.41, 5.74) is 0. The maximum atomic E-state index is 11.9. The van der Waals surface area contributed by atoms with Crippen molar-refractivity contribution < 1.29 is 9.53 Å². The summed E-state index contributed by atoms with van der Waals surface area (Å²) in [4.78, 5) is 13.7. The maximum absolute atomic E-state index is 11.9. The summed E-state index contributed by atoms with van der Waals surface area (Å²) in [6, 6.07) is 0. The molecule has 0 aliphatic heterocycles. The van der Waals surface area contributed by atoms with Crippen molar-refractivity contribution >= 4 is 17.5 Å². The molecular weight excluding hydrogens is 214 g/mol. The van der Waals surface area contributed by atoms with Gasteiger partial charge in [0.15, 0.2) is 0 Å². The van der Waals surface area contributed by atoms with Gasteiger partial charge < -0.3 is 9.64 Å². The lowest BCUT2D eigenvalue weighted by molar-refractivity contribution is -0.134. The Morgan fingerprint density at radius 3 is 2.67 bits per heavy atom. The van der Waals surface area contributed by atoms with Gasteiger partial charge in [0.25, 0.3) is 0 Å². The van der Waals surface area contributed by atoms with Crippen LogP contribution in [0.25, 0.3) is 0 Å². The van der Waals surface area contributed by atoms with Crippen molar-refractivity contribution in [2.24, 2.45) is 5.92 Å². The van der Waals surface area contributed by atoms with Crippen LogP contribution in [-0.2, 0) is 9.53 Å². The second-order valence-corrected chi connectivity index (χ2v) is 4.87. The number of rotatable bonds is 5. The van der Waals surface area contributed by atoms with Gasteiger partial charge in [-0.05, 0) is 12.8 Å². The summed E-state index contributed by atoms with van der Waals surface area (Å²) in [5.74, 6) is 0.482. The molecule has 1 unspecified atom stereocenters. The fourth-order valence-electron chi connectivity index (χ4n) is 2.11. The Morgan fingerprint density at radius 2 is 2.13 bits per heavy atom. The minimum Gasteiger partial charge on any atom is -0.383 e. The molecule has 0 aromatic rings. The third-order valence-corrected chi connectivity index (χ3v) is 3.16. The number of halogens is 1. The lowest BCUT2D eigenvalue weighted by Crippen LogP contribution is -2.37. The van der Waals surface area contributed by atoms with Gasteiger partial charge >= 0.3 is 0 Å². The van der Waals surface area contributed by atoms with Gasteiger partial charge in [-0.1, -0.05) is 12.8 Å². The first-order chi connectivity index (χ1) is 7.15. The fourth-order valence-corrected chi connectivity index (χ4v) is 2.44. The second-order valence-electron chi connectivity index (χ2n) is 4.25. The van der Waals surface area contributed by atoms with Gasteiger partial charge in [-0.25, -0.2) is 0 Å². The highest BCUT2D eigenvalue weighted by atomic mass is 35.5. The van der Waals surface area contributed by atoms with E-state index in [2.05, 4.69) is 0 Å². The molecule has 0 heterocycles. The van der Waals surface area contributed by atoms with Crippen molar-refractivity contribution in [1.29, 1.82) is 0 Å². The van der Waals surface area contributed by atoms with Gasteiger partial charge in [-0.3, -0.25) is 4.79 Å². The van der Waals surface area contributed by atoms with E-state index in [1.54, 1.807) is 12.0 Å². The lowest BCUT2D eigenvalue weighted by Gasteiger charge is -2.23. The van der Waals surface area contributed by atoms with Gasteiger partial charge in [0.2, 0.25) is 5.91 Å². The largest absolute Gasteiger partial charge is 0.383 e. The van der Waals surface area contributed by atoms with Gasteiger partial charge in [0.05, 0.1) is 12.0 Å². The predicted molar refractivity (Wildman–Crippen MR) is 61.1 cm³/mol. The van der Waals surface area contributed by atoms with Crippen LogP contribution in [0.3, 0.4) is 0 Å². The van der Waals surface area contributed by atoms with Crippen molar-refractivity contribution in [2.45, 2.75) is 31.1 Å². The van der Waals surface area contributed by atoms with Crippen molar-refractivity contribution in [3.63, 3.8) is 0 Å². The molecule has 0 radical (unpaired) electrons. The average Bonchev–Trinajstić information content (AvgIpc) is 2.69. The zero-order valence-corrected chi connectivity index (χ0v) is 10.3. The standard InChI is InChI=1S/C11H20ClNO2/c1-13(7-10(12)8-15-2)11(14)9-5-3-4-6-9/h9-10H,3-8H2,1-2H3. The zero-order valence-electron chi connectivity index (χ0n) is 9.54. The summed E-state index contributed by atoms with van der Waals surface area (Å²) in [5, 5.41) is -0.106. The summed E-state index contributed by atoms with van der Waals surface area (Å²) >= 11 is 6.01. The number of hydrogen-bond donors (Lipinski definition) is 0. The topological polar surface area (TPSA) is 29.5 Å². The van der Waals surface area contributed by atoms with Crippen molar-refractivity contribution in [3.8, 4) is 0 Å². The van der Waals surface area contributed by atoms with Crippen LogP contribution in [0.15, 0.2) is 0 Å². The van der Waals surface area contributed by atoms with E-state index >= 15 is 0 Å². The minimum atomic E-state index is -0.106. The molecule has 1 rings (SSSR count). The number of nitrogens with zero attached hydrogens (tertiary/aromatic N) is 1. The highest BCUT2D eigenvalue weighted by molar-refractivity contribution is 6.21. The highest BCUT2D eigenvalue weighted by Crippen LogP contribution is 2.26. The number of hydrogen-bond acceptors (Lipinski definition) is 2. The van der Waals surface area contributed by atoms with Crippen molar-refractivity contribution in [3.05, 3.63) is 0 Å². The first-order valence-electron chi connectivity index (χ1n) is 5.53. The Hall–Kier alpha value is -0.280. The third-order valence-electron chi connectivity index (χ3n) is 2.90. The summed E-state index contributed by atoms with van der Waals surface area (Å²) in [6.07, 6.45) is 4.46. The van der Waals surface area contributed by atoms with Crippen LogP contribution < -0.4 is 0 Å². The maximum Gasteiger partial charge on any atom is 0.225 e. The molecule has 4 heteroatoms. The first-order valence-corrected chi connectivity index (χ1v) is 5.96. The number of methoxy groups -OCH3 is 1. The van der Waals surface area contributed by atoms with E-state index in [4.69, 9.17) is 16.3 Å². The van der Waals surface area contributed by atoms with Gasteiger partial charge in [0.1, 0.15) is 0 Å². The summed E-state index contributed by atoms with van der Waals surface area (Å²) < 4.78 is 4.94. The molecule has 15 heavy (non-hydrogen) atoms. The number of carbonyl (C=O) groups is 1. The minimum absolute atomic E-state index is 0.106. The van der Waals surface area contributed by atoms with Crippen LogP contribution in [0.2, 0.25) is 0 Å². The van der Waals surface area contributed by atoms with Gasteiger partial charge in [0, 0.05) is 26.6 Å². The molecule has 1 saturated carbocycles. The van der Waals surface area contributed by atoms with E-state index in [1.165, 1.54) is 12.8 Å². The molecule has 0 aromatic heterocycles. The van der Waals surface area contributed by atoms with Crippen molar-refractivity contribution in [1.82, 2.24) is 4.90 Å². The smallest absolute Gasteiger partial charge is 0.225 e. The molecule has 3 nitrogen and oxygen atoms in total. The molecule has 1 atom stereocenters. The van der Waals surface area contributed by atoms with E-state index in [0.29, 0.717) is 13.2 Å². The third kappa shape index (κ3) is 3.99. The van der Waals surface area contributed by atoms with Crippen molar-refractivity contribution in [2.75, 3.05) is 27.3 Å². The Bertz CT molecular complexity index is 205. The normalized spacial score (nSPS) is 19.1. The molecular formula is C11H20ClNO2. The first kappa shape index (κ1) is 12.8. The van der Waals surface area contributed by atoms with Crippen LogP contribution in [-0.4, -0.2) is 43.5 Å². The Labute approximate surface area is 96.7 Å². The summed E-state index contributed by atoms with van der Waals surface area (Å²) in [7, 11) is 3.44. The van der Waals surface area contributed by atoms with Crippen LogP contribution >= 0.6 is 11.6 Å². The molecule has 1 aliphatic rings. The quantitative estimate of drug-likeness (QED) is 0.679. The van der Waals surface area contributed by atoms with E-state index in [9.17, 15) is 4.79 Å². The summed E-state index contributed by atoms with van der Waals surface area (Å²) in [6.45, 7) is 1.06. The molecule has 1 fully saturated rings. The Morgan fingerprint density at radius 1 is 1.53 bits per heavy atom. The lowest BCUT2D eigenvalue weighted by atomic mass is 10.1. The fraction of sp³-hybridized carbons (Fsp3) is 0.909. The van der Waals surface area contributed by atoms with E-state index in [1.807, 2.05) is 7.05 Å². The zero-order chi connectivity index (χ0) is 11.3.